The van der Waals surface area contributed by atoms with E-state index < -0.39 is 24.6 Å². The maximum absolute atomic E-state index is 12.9. The Morgan fingerprint density at radius 3 is 2.33 bits per heavy atom. The van der Waals surface area contributed by atoms with Crippen molar-refractivity contribution in [3.05, 3.63) is 65.2 Å². The van der Waals surface area contributed by atoms with Gasteiger partial charge in [0.15, 0.2) is 0 Å². The number of halogens is 3. The number of aliphatic hydroxyl groups is 1. The zero-order chi connectivity index (χ0) is 17.5. The monoisotopic (exact) mass is 354 g/mol. The molecule has 0 aromatic heterocycles. The molecule has 2 aromatic rings. The van der Waals surface area contributed by atoms with Crippen molar-refractivity contribution in [1.82, 2.24) is 5.32 Å². The Hall–Kier alpha value is -2.18. The summed E-state index contributed by atoms with van der Waals surface area (Å²) in [5, 5.41) is 14.9. The fourth-order valence-electron chi connectivity index (χ4n) is 2.19. The molecule has 3 N–H and O–H groups in total. The Kier molecular flexibility index (Phi) is 6.52. The van der Waals surface area contributed by atoms with Crippen LogP contribution < -0.4 is 10.6 Å². The highest BCUT2D eigenvalue weighted by Gasteiger charge is 2.29. The molecule has 7 heteroatoms. The van der Waals surface area contributed by atoms with E-state index in [4.69, 9.17) is 11.6 Å². The van der Waals surface area contributed by atoms with Gasteiger partial charge in [-0.2, -0.15) is 0 Å². The molecule has 0 aliphatic rings. The van der Waals surface area contributed by atoms with Crippen molar-refractivity contribution in [2.75, 3.05) is 5.32 Å². The number of nitrogens with one attached hydrogen (secondary N) is 2. The lowest BCUT2D eigenvalue weighted by atomic mass is 10.0. The first-order valence-electron chi connectivity index (χ1n) is 7.29. The maximum atomic E-state index is 12.9. The molecule has 2 aromatic carbocycles. The summed E-state index contributed by atoms with van der Waals surface area (Å²) < 4.78 is 25.8. The van der Waals surface area contributed by atoms with Gasteiger partial charge in [-0.1, -0.05) is 54.1 Å². The summed E-state index contributed by atoms with van der Waals surface area (Å²) in [4.78, 5) is 12.1. The molecule has 24 heavy (non-hydrogen) atoms. The molecule has 2 amide bonds. The van der Waals surface area contributed by atoms with E-state index in [-0.39, 0.29) is 6.42 Å². The summed E-state index contributed by atoms with van der Waals surface area (Å²) in [5.74, 6) is 0. The van der Waals surface area contributed by atoms with Crippen molar-refractivity contribution in [1.29, 1.82) is 0 Å². The zero-order valence-electron chi connectivity index (χ0n) is 12.6. The third-order valence-electron chi connectivity index (χ3n) is 3.41. The Morgan fingerprint density at radius 2 is 1.71 bits per heavy atom. The molecule has 2 atom stereocenters. The first kappa shape index (κ1) is 18.2. The minimum Gasteiger partial charge on any atom is -0.385 e. The molecule has 0 unspecified atom stereocenters. The van der Waals surface area contributed by atoms with E-state index in [0.717, 1.165) is 5.56 Å². The number of hydrogen-bond acceptors (Lipinski definition) is 2. The van der Waals surface area contributed by atoms with Crippen LogP contribution >= 0.6 is 11.6 Å². The van der Waals surface area contributed by atoms with E-state index in [2.05, 4.69) is 10.6 Å². The quantitative estimate of drug-likeness (QED) is 0.740. The number of amides is 2. The largest absolute Gasteiger partial charge is 0.385 e. The highest BCUT2D eigenvalue weighted by Crippen LogP contribution is 2.20. The molecule has 0 saturated carbocycles. The van der Waals surface area contributed by atoms with Crippen LogP contribution in [0.25, 0.3) is 0 Å². The van der Waals surface area contributed by atoms with E-state index in [9.17, 15) is 18.7 Å². The van der Waals surface area contributed by atoms with Gasteiger partial charge >= 0.3 is 6.03 Å². The predicted octanol–water partition coefficient (Wildman–Crippen LogP) is 3.70. The first-order valence-corrected chi connectivity index (χ1v) is 7.67. The van der Waals surface area contributed by atoms with Gasteiger partial charge < -0.3 is 15.7 Å². The van der Waals surface area contributed by atoms with Gasteiger partial charge in [-0.15, -0.1) is 0 Å². The summed E-state index contributed by atoms with van der Waals surface area (Å²) >= 11 is 5.94. The van der Waals surface area contributed by atoms with Crippen molar-refractivity contribution in [2.45, 2.75) is 25.0 Å². The van der Waals surface area contributed by atoms with Crippen LogP contribution in [0.4, 0.5) is 19.3 Å². The van der Waals surface area contributed by atoms with Crippen LogP contribution in [0.3, 0.4) is 0 Å². The minimum absolute atomic E-state index is 0.0717. The molecule has 2 rings (SSSR count). The van der Waals surface area contributed by atoms with Gasteiger partial charge in [-0.05, 0) is 24.1 Å². The molecule has 0 spiro atoms. The lowest BCUT2D eigenvalue weighted by Crippen LogP contribution is -2.49. The van der Waals surface area contributed by atoms with Crippen molar-refractivity contribution in [3.63, 3.8) is 0 Å². The summed E-state index contributed by atoms with van der Waals surface area (Å²) in [6.07, 6.45) is -4.89. The lowest BCUT2D eigenvalue weighted by Gasteiger charge is -2.24. The van der Waals surface area contributed by atoms with Gasteiger partial charge in [0.1, 0.15) is 6.10 Å². The molecule has 0 saturated heterocycles. The molecular weight excluding hydrogens is 338 g/mol. The van der Waals surface area contributed by atoms with E-state index in [1.54, 1.807) is 54.6 Å². The van der Waals surface area contributed by atoms with Crippen LogP contribution in [-0.4, -0.2) is 29.7 Å². The number of anilines is 1. The summed E-state index contributed by atoms with van der Waals surface area (Å²) in [6, 6.07) is 13.5. The van der Waals surface area contributed by atoms with Crippen LogP contribution in [0, 0.1) is 0 Å². The van der Waals surface area contributed by atoms with Gasteiger partial charge in [0, 0.05) is 0 Å². The van der Waals surface area contributed by atoms with E-state index in [0.29, 0.717) is 10.7 Å². The third kappa shape index (κ3) is 5.18. The van der Waals surface area contributed by atoms with Crippen molar-refractivity contribution >= 4 is 23.3 Å². The second kappa shape index (κ2) is 8.61. The van der Waals surface area contributed by atoms with Gasteiger partial charge in [-0.3, -0.25) is 0 Å². The fraction of sp³-hybridized carbons (Fsp3) is 0.235. The van der Waals surface area contributed by atoms with E-state index in [1.165, 1.54) is 0 Å². The lowest BCUT2D eigenvalue weighted by molar-refractivity contribution is -0.0232. The van der Waals surface area contributed by atoms with Gasteiger partial charge in [0.05, 0.1) is 16.8 Å². The second-order valence-corrected chi connectivity index (χ2v) is 5.61. The molecule has 0 bridgehead atoms. The topological polar surface area (TPSA) is 61.4 Å². The Balaban J connectivity index is 2.07. The van der Waals surface area contributed by atoms with Crippen LogP contribution in [0.5, 0.6) is 0 Å². The molecule has 0 aliphatic carbocycles. The van der Waals surface area contributed by atoms with Crippen LogP contribution in [0.2, 0.25) is 5.02 Å². The number of para-hydroxylation sites is 1. The number of alkyl halides is 2. The summed E-state index contributed by atoms with van der Waals surface area (Å²) in [7, 11) is 0. The van der Waals surface area contributed by atoms with Gasteiger partial charge in [0.25, 0.3) is 6.43 Å². The molecule has 4 nitrogen and oxygen atoms in total. The van der Waals surface area contributed by atoms with Crippen molar-refractivity contribution < 1.29 is 18.7 Å². The van der Waals surface area contributed by atoms with Gasteiger partial charge in [-0.25, -0.2) is 13.6 Å². The number of hydrogen-bond donors (Lipinski definition) is 3. The third-order valence-corrected chi connectivity index (χ3v) is 3.74. The molecular formula is C17H17ClF2N2O2. The van der Waals surface area contributed by atoms with Gasteiger partial charge in [0.2, 0.25) is 0 Å². The summed E-state index contributed by atoms with van der Waals surface area (Å²) in [5.41, 5.74) is 1.07. The number of benzene rings is 2. The number of aliphatic hydroxyl groups excluding tert-OH is 1. The van der Waals surface area contributed by atoms with E-state index >= 15 is 0 Å². The summed E-state index contributed by atoms with van der Waals surface area (Å²) in [6.45, 7) is 0. The Bertz CT molecular complexity index is 671. The first-order chi connectivity index (χ1) is 11.5. The molecule has 0 fully saturated rings. The molecule has 128 valence electrons. The normalized spacial score (nSPS) is 13.4. The smallest absolute Gasteiger partial charge is 0.319 e. The molecule has 0 radical (unpaired) electrons. The second-order valence-electron chi connectivity index (χ2n) is 5.20. The molecule has 0 heterocycles. The number of rotatable bonds is 6. The number of carbonyl (C=O) groups excluding carboxylic acids is 1. The molecule has 0 aliphatic heterocycles. The van der Waals surface area contributed by atoms with Crippen LogP contribution in [0.1, 0.15) is 5.56 Å². The van der Waals surface area contributed by atoms with E-state index in [1.807, 2.05) is 0 Å². The number of urea groups is 1. The highest BCUT2D eigenvalue weighted by atomic mass is 35.5. The minimum atomic E-state index is -2.97. The SMILES string of the molecule is O=C(Nc1ccccc1Cl)N[C@@H](Cc1ccccc1)[C@H](O)C(F)F. The highest BCUT2D eigenvalue weighted by molar-refractivity contribution is 6.33. The average molecular weight is 355 g/mol. The number of carbonyl (C=O) groups is 1. The average Bonchev–Trinajstić information content (AvgIpc) is 2.56. The standard InChI is InChI=1S/C17H17ClF2N2O2/c18-12-8-4-5-9-13(12)21-17(24)22-14(15(23)16(19)20)10-11-6-2-1-3-7-11/h1-9,14-16,23H,10H2,(H2,21,22,24)/t14-,15-/m0/s1. The van der Waals surface area contributed by atoms with Crippen molar-refractivity contribution in [3.8, 4) is 0 Å². The fourth-order valence-corrected chi connectivity index (χ4v) is 2.37. The Labute approximate surface area is 143 Å². The maximum Gasteiger partial charge on any atom is 0.319 e. The van der Waals surface area contributed by atoms with Crippen LogP contribution in [0.15, 0.2) is 54.6 Å². The van der Waals surface area contributed by atoms with Crippen molar-refractivity contribution in [2.24, 2.45) is 0 Å². The Morgan fingerprint density at radius 1 is 1.08 bits per heavy atom. The predicted molar refractivity (Wildman–Crippen MR) is 89.6 cm³/mol. The zero-order valence-corrected chi connectivity index (χ0v) is 13.4. The van der Waals surface area contributed by atoms with Crippen LogP contribution in [-0.2, 0) is 6.42 Å².